The van der Waals surface area contributed by atoms with Crippen LogP contribution >= 0.6 is 24.0 Å². The molecule has 23 heavy (non-hydrogen) atoms. The average Bonchev–Trinajstić information content (AvgIpc) is 3.13. The standard InChI is InChI=1S/C15H26N6O.HI/c1-4-14(22)21-7-6-13(10-21)19-15(16-5-2)17-8-12-9-18-20-11(12)3;/h9,13H,4-8,10H2,1-3H3,(H,18,20)(H2,16,17,19);1H. The fraction of sp³-hybridized carbons (Fsp3) is 0.667. The van der Waals surface area contributed by atoms with Crippen molar-refractivity contribution >= 4 is 35.8 Å². The molecular formula is C15H27IN6O. The molecule has 1 saturated heterocycles. The topological polar surface area (TPSA) is 85.4 Å². The Labute approximate surface area is 154 Å². The summed E-state index contributed by atoms with van der Waals surface area (Å²) in [7, 11) is 0. The number of halogens is 1. The van der Waals surface area contributed by atoms with Crippen molar-refractivity contribution in [1.82, 2.24) is 25.7 Å². The van der Waals surface area contributed by atoms with E-state index < -0.39 is 0 Å². The zero-order valence-corrected chi connectivity index (χ0v) is 16.4. The van der Waals surface area contributed by atoms with Gasteiger partial charge in [-0.3, -0.25) is 9.89 Å². The van der Waals surface area contributed by atoms with Gasteiger partial charge in [-0.05, 0) is 20.3 Å². The summed E-state index contributed by atoms with van der Waals surface area (Å²) >= 11 is 0. The smallest absolute Gasteiger partial charge is 0.222 e. The van der Waals surface area contributed by atoms with Crippen LogP contribution < -0.4 is 10.6 Å². The van der Waals surface area contributed by atoms with Crippen LogP contribution in [-0.4, -0.2) is 52.6 Å². The summed E-state index contributed by atoms with van der Waals surface area (Å²) in [5.74, 6) is 1.01. The Kier molecular flexibility index (Phi) is 8.35. The first-order valence-electron chi connectivity index (χ1n) is 7.95. The van der Waals surface area contributed by atoms with Crippen molar-refractivity contribution in [2.75, 3.05) is 19.6 Å². The second-order valence-electron chi connectivity index (χ2n) is 5.54. The van der Waals surface area contributed by atoms with Crippen molar-refractivity contribution in [2.45, 2.75) is 46.2 Å². The molecule has 2 heterocycles. The van der Waals surface area contributed by atoms with E-state index in [-0.39, 0.29) is 35.9 Å². The van der Waals surface area contributed by atoms with Gasteiger partial charge in [-0.15, -0.1) is 24.0 Å². The van der Waals surface area contributed by atoms with Gasteiger partial charge < -0.3 is 15.5 Å². The molecule has 2 rings (SSSR count). The molecule has 8 heteroatoms. The first-order valence-corrected chi connectivity index (χ1v) is 7.95. The second-order valence-corrected chi connectivity index (χ2v) is 5.54. The lowest BCUT2D eigenvalue weighted by atomic mass is 10.2. The third-order valence-electron chi connectivity index (χ3n) is 3.87. The summed E-state index contributed by atoms with van der Waals surface area (Å²) in [4.78, 5) is 18.3. The molecule has 130 valence electrons. The maximum atomic E-state index is 11.7. The van der Waals surface area contributed by atoms with Crippen molar-refractivity contribution in [3.63, 3.8) is 0 Å². The Hall–Kier alpha value is -1.32. The van der Waals surface area contributed by atoms with Gasteiger partial charge in [-0.2, -0.15) is 5.10 Å². The van der Waals surface area contributed by atoms with Crippen LogP contribution in [0.15, 0.2) is 11.2 Å². The van der Waals surface area contributed by atoms with Crippen LogP contribution in [0.25, 0.3) is 0 Å². The molecule has 1 aliphatic heterocycles. The van der Waals surface area contributed by atoms with Crippen LogP contribution in [0.4, 0.5) is 0 Å². The van der Waals surface area contributed by atoms with Gasteiger partial charge in [0, 0.05) is 43.4 Å². The molecule has 1 atom stereocenters. The zero-order chi connectivity index (χ0) is 15.9. The largest absolute Gasteiger partial charge is 0.357 e. The number of H-pyrrole nitrogens is 1. The van der Waals surface area contributed by atoms with Crippen LogP contribution in [0.5, 0.6) is 0 Å². The number of aromatic amines is 1. The minimum absolute atomic E-state index is 0. The van der Waals surface area contributed by atoms with Crippen LogP contribution in [0.3, 0.4) is 0 Å². The number of hydrogen-bond donors (Lipinski definition) is 3. The molecule has 0 bridgehead atoms. The highest BCUT2D eigenvalue weighted by molar-refractivity contribution is 14.0. The number of aryl methyl sites for hydroxylation is 1. The van der Waals surface area contributed by atoms with E-state index in [0.29, 0.717) is 13.0 Å². The van der Waals surface area contributed by atoms with E-state index in [1.807, 2.05) is 25.7 Å². The molecule has 1 aromatic rings. The van der Waals surface area contributed by atoms with Crippen molar-refractivity contribution in [1.29, 1.82) is 0 Å². The summed E-state index contributed by atoms with van der Waals surface area (Å²) in [5, 5.41) is 13.6. The lowest BCUT2D eigenvalue weighted by molar-refractivity contribution is -0.129. The number of hydrogen-bond acceptors (Lipinski definition) is 3. The molecule has 1 fully saturated rings. The van der Waals surface area contributed by atoms with Crippen LogP contribution in [0.1, 0.15) is 37.9 Å². The molecule has 1 unspecified atom stereocenters. The highest BCUT2D eigenvalue weighted by Crippen LogP contribution is 2.10. The fourth-order valence-electron chi connectivity index (χ4n) is 2.54. The van der Waals surface area contributed by atoms with E-state index >= 15 is 0 Å². The molecule has 1 aromatic heterocycles. The zero-order valence-electron chi connectivity index (χ0n) is 14.1. The molecule has 1 amide bonds. The van der Waals surface area contributed by atoms with Gasteiger partial charge in [0.05, 0.1) is 12.7 Å². The van der Waals surface area contributed by atoms with Crippen LogP contribution in [0, 0.1) is 6.92 Å². The molecule has 0 spiro atoms. The number of aromatic nitrogens is 2. The third kappa shape index (κ3) is 5.67. The van der Waals surface area contributed by atoms with Crippen molar-refractivity contribution in [3.8, 4) is 0 Å². The molecule has 0 aliphatic carbocycles. The predicted molar refractivity (Wildman–Crippen MR) is 102 cm³/mol. The Morgan fingerprint density at radius 3 is 2.91 bits per heavy atom. The highest BCUT2D eigenvalue weighted by atomic mass is 127. The number of guanidine groups is 1. The van der Waals surface area contributed by atoms with Gasteiger partial charge in [0.1, 0.15) is 0 Å². The van der Waals surface area contributed by atoms with Crippen molar-refractivity contribution < 1.29 is 4.79 Å². The fourth-order valence-corrected chi connectivity index (χ4v) is 2.54. The number of amides is 1. The van der Waals surface area contributed by atoms with Crippen LogP contribution in [0.2, 0.25) is 0 Å². The quantitative estimate of drug-likeness (QED) is 0.372. The highest BCUT2D eigenvalue weighted by Gasteiger charge is 2.25. The number of nitrogens with zero attached hydrogens (tertiary/aromatic N) is 3. The van der Waals surface area contributed by atoms with E-state index in [1.54, 1.807) is 6.20 Å². The maximum absolute atomic E-state index is 11.7. The van der Waals surface area contributed by atoms with Crippen molar-refractivity contribution in [3.05, 3.63) is 17.5 Å². The third-order valence-corrected chi connectivity index (χ3v) is 3.87. The minimum Gasteiger partial charge on any atom is -0.357 e. The summed E-state index contributed by atoms with van der Waals surface area (Å²) in [6.45, 7) is 8.90. The van der Waals surface area contributed by atoms with Crippen LogP contribution in [-0.2, 0) is 11.3 Å². The summed E-state index contributed by atoms with van der Waals surface area (Å²) in [6, 6.07) is 0.263. The van der Waals surface area contributed by atoms with E-state index in [9.17, 15) is 4.79 Å². The lowest BCUT2D eigenvalue weighted by Crippen LogP contribution is -2.45. The van der Waals surface area contributed by atoms with Gasteiger partial charge >= 0.3 is 0 Å². The molecule has 0 saturated carbocycles. The molecule has 1 aliphatic rings. The Balaban J connectivity index is 0.00000264. The van der Waals surface area contributed by atoms with Crippen molar-refractivity contribution in [2.24, 2.45) is 4.99 Å². The lowest BCUT2D eigenvalue weighted by Gasteiger charge is -2.18. The molecule has 7 nitrogen and oxygen atoms in total. The first-order chi connectivity index (χ1) is 10.6. The minimum atomic E-state index is 0. The van der Waals surface area contributed by atoms with Gasteiger partial charge in [-0.25, -0.2) is 4.99 Å². The second kappa shape index (κ2) is 9.74. The number of rotatable bonds is 5. The number of carbonyl (C=O) groups excluding carboxylic acids is 1. The molecule has 3 N–H and O–H groups in total. The van der Waals surface area contributed by atoms with E-state index in [1.165, 1.54) is 0 Å². The average molecular weight is 434 g/mol. The van der Waals surface area contributed by atoms with Gasteiger partial charge in [-0.1, -0.05) is 6.92 Å². The van der Waals surface area contributed by atoms with E-state index in [0.717, 1.165) is 43.3 Å². The normalized spacial score (nSPS) is 17.8. The monoisotopic (exact) mass is 434 g/mol. The maximum Gasteiger partial charge on any atom is 0.222 e. The van der Waals surface area contributed by atoms with Gasteiger partial charge in [0.2, 0.25) is 5.91 Å². The van der Waals surface area contributed by atoms with E-state index in [2.05, 4.69) is 25.8 Å². The Morgan fingerprint density at radius 2 is 2.30 bits per heavy atom. The summed E-state index contributed by atoms with van der Waals surface area (Å²) < 4.78 is 0. The summed E-state index contributed by atoms with van der Waals surface area (Å²) in [6.07, 6.45) is 3.33. The predicted octanol–water partition coefficient (Wildman–Crippen LogP) is 1.40. The SMILES string of the molecule is CCNC(=NCc1cn[nH]c1C)NC1CCN(C(=O)CC)C1.I. The summed E-state index contributed by atoms with van der Waals surface area (Å²) in [5.41, 5.74) is 2.13. The van der Waals surface area contributed by atoms with Gasteiger partial charge in [0.25, 0.3) is 0 Å². The molecule has 0 radical (unpaired) electrons. The number of aliphatic imine (C=N–C) groups is 1. The van der Waals surface area contributed by atoms with E-state index in [4.69, 9.17) is 0 Å². The first kappa shape index (κ1) is 19.7. The number of carbonyl (C=O) groups is 1. The number of likely N-dealkylation sites (tertiary alicyclic amines) is 1. The Morgan fingerprint density at radius 1 is 1.52 bits per heavy atom. The molecular weight excluding hydrogens is 407 g/mol. The Bertz CT molecular complexity index is 530. The van der Waals surface area contributed by atoms with Gasteiger partial charge in [0.15, 0.2) is 5.96 Å². The molecule has 0 aromatic carbocycles. The number of nitrogens with one attached hydrogen (secondary N) is 3.